The lowest BCUT2D eigenvalue weighted by Gasteiger charge is -2.22. The maximum absolute atomic E-state index is 12.6. The molecule has 0 spiro atoms. The molecule has 0 fully saturated rings. The topological polar surface area (TPSA) is 63.7 Å². The first kappa shape index (κ1) is 15.6. The van der Waals surface area contributed by atoms with Crippen molar-refractivity contribution in [1.29, 1.82) is 0 Å². The Labute approximate surface area is 135 Å². The number of fused-ring (bicyclic) bond motifs is 1. The van der Waals surface area contributed by atoms with E-state index in [0.29, 0.717) is 18.0 Å². The second kappa shape index (κ2) is 5.70. The van der Waals surface area contributed by atoms with E-state index in [9.17, 15) is 13.2 Å². The van der Waals surface area contributed by atoms with Gasteiger partial charge in [0, 0.05) is 17.5 Å². The molecule has 2 aromatic carbocycles. The number of rotatable bonds is 2. The molecule has 1 aliphatic rings. The van der Waals surface area contributed by atoms with Crippen LogP contribution in [0, 0.1) is 0 Å². The van der Waals surface area contributed by atoms with Crippen molar-refractivity contribution in [1.82, 2.24) is 0 Å². The van der Waals surface area contributed by atoms with Crippen molar-refractivity contribution in [2.45, 2.75) is 24.5 Å². The molecule has 0 N–H and O–H groups in total. The van der Waals surface area contributed by atoms with Gasteiger partial charge in [-0.25, -0.2) is 8.42 Å². The van der Waals surface area contributed by atoms with Crippen molar-refractivity contribution in [2.75, 3.05) is 11.2 Å². The van der Waals surface area contributed by atoms with Gasteiger partial charge in [0.05, 0.1) is 11.4 Å². The standard InChI is InChI=1S/C17H17NO4S/c1-12-17(19)18(11-13-5-3-4-6-16(13)22-12)14-7-9-15(10-8-14)23(2,20)21/h3-10,12H,11H2,1-2H3. The Bertz CT molecular complexity index is 843. The fraction of sp³-hybridized carbons (Fsp3) is 0.235. The molecule has 1 amide bonds. The summed E-state index contributed by atoms with van der Waals surface area (Å²) in [5.74, 6) is 0.539. The fourth-order valence-corrected chi connectivity index (χ4v) is 3.18. The molecule has 0 aromatic heterocycles. The molecule has 5 nitrogen and oxygen atoms in total. The Kier molecular flexibility index (Phi) is 3.85. The van der Waals surface area contributed by atoms with Gasteiger partial charge in [0.2, 0.25) is 0 Å². The molecule has 0 saturated heterocycles. The van der Waals surface area contributed by atoms with E-state index in [1.807, 2.05) is 24.3 Å². The number of amides is 1. The average molecular weight is 331 g/mol. The smallest absolute Gasteiger partial charge is 0.268 e. The molecule has 120 valence electrons. The van der Waals surface area contributed by atoms with Crippen LogP contribution in [0.15, 0.2) is 53.4 Å². The number of para-hydroxylation sites is 1. The zero-order valence-corrected chi connectivity index (χ0v) is 13.7. The van der Waals surface area contributed by atoms with E-state index in [-0.39, 0.29) is 10.8 Å². The molecule has 1 heterocycles. The van der Waals surface area contributed by atoms with E-state index in [4.69, 9.17) is 4.74 Å². The normalized spacial score (nSPS) is 18.1. The Morgan fingerprint density at radius 3 is 2.39 bits per heavy atom. The number of ether oxygens (including phenoxy) is 1. The van der Waals surface area contributed by atoms with Crippen LogP contribution in [-0.4, -0.2) is 26.7 Å². The highest BCUT2D eigenvalue weighted by molar-refractivity contribution is 7.90. The van der Waals surface area contributed by atoms with Crippen LogP contribution >= 0.6 is 0 Å². The molecule has 3 rings (SSSR count). The second-order valence-electron chi connectivity index (χ2n) is 5.56. The fourth-order valence-electron chi connectivity index (χ4n) is 2.55. The summed E-state index contributed by atoms with van der Waals surface area (Å²) < 4.78 is 28.8. The van der Waals surface area contributed by atoms with E-state index in [0.717, 1.165) is 11.8 Å². The first-order chi connectivity index (χ1) is 10.9. The summed E-state index contributed by atoms with van der Waals surface area (Å²) in [7, 11) is -3.26. The van der Waals surface area contributed by atoms with Crippen molar-refractivity contribution in [3.63, 3.8) is 0 Å². The van der Waals surface area contributed by atoms with Crippen molar-refractivity contribution in [3.05, 3.63) is 54.1 Å². The maximum atomic E-state index is 12.6. The van der Waals surface area contributed by atoms with Crippen LogP contribution in [0.5, 0.6) is 5.75 Å². The number of sulfone groups is 1. The first-order valence-electron chi connectivity index (χ1n) is 7.22. The minimum atomic E-state index is -3.26. The highest BCUT2D eigenvalue weighted by atomic mass is 32.2. The van der Waals surface area contributed by atoms with Gasteiger partial charge >= 0.3 is 0 Å². The highest BCUT2D eigenvalue weighted by Gasteiger charge is 2.28. The van der Waals surface area contributed by atoms with Crippen LogP contribution in [0.25, 0.3) is 0 Å². The molecular formula is C17H17NO4S. The zero-order chi connectivity index (χ0) is 16.6. The van der Waals surface area contributed by atoms with Crippen molar-refractivity contribution >= 4 is 21.4 Å². The van der Waals surface area contributed by atoms with Crippen LogP contribution < -0.4 is 9.64 Å². The third-order valence-electron chi connectivity index (χ3n) is 3.80. The van der Waals surface area contributed by atoms with Crippen LogP contribution in [0.4, 0.5) is 5.69 Å². The maximum Gasteiger partial charge on any atom is 0.268 e. The number of carbonyl (C=O) groups is 1. The number of carbonyl (C=O) groups excluding carboxylic acids is 1. The summed E-state index contributed by atoms with van der Waals surface area (Å²) in [5, 5.41) is 0. The summed E-state index contributed by atoms with van der Waals surface area (Å²) >= 11 is 0. The van der Waals surface area contributed by atoms with E-state index in [2.05, 4.69) is 0 Å². The lowest BCUT2D eigenvalue weighted by atomic mass is 10.2. The molecule has 23 heavy (non-hydrogen) atoms. The Balaban J connectivity index is 1.99. The van der Waals surface area contributed by atoms with Crippen LogP contribution in [0.1, 0.15) is 12.5 Å². The zero-order valence-electron chi connectivity index (χ0n) is 12.9. The van der Waals surface area contributed by atoms with E-state index < -0.39 is 15.9 Å². The molecule has 1 aliphatic heterocycles. The number of benzene rings is 2. The molecule has 0 bridgehead atoms. The molecule has 0 aliphatic carbocycles. The van der Waals surface area contributed by atoms with Crippen molar-refractivity contribution < 1.29 is 17.9 Å². The van der Waals surface area contributed by atoms with Gasteiger partial charge in [-0.05, 0) is 37.3 Å². The molecule has 0 saturated carbocycles. The SMILES string of the molecule is CC1Oc2ccccc2CN(c2ccc(S(C)(=O)=O)cc2)C1=O. The van der Waals surface area contributed by atoms with Gasteiger partial charge in [-0.1, -0.05) is 18.2 Å². The number of hydrogen-bond acceptors (Lipinski definition) is 4. The van der Waals surface area contributed by atoms with E-state index >= 15 is 0 Å². The van der Waals surface area contributed by atoms with Gasteiger partial charge in [0.1, 0.15) is 5.75 Å². The predicted octanol–water partition coefficient (Wildman–Crippen LogP) is 2.40. The Morgan fingerprint density at radius 2 is 1.74 bits per heavy atom. The molecular weight excluding hydrogens is 314 g/mol. The molecule has 1 atom stereocenters. The summed E-state index contributed by atoms with van der Waals surface area (Å²) in [6.07, 6.45) is 0.555. The third-order valence-corrected chi connectivity index (χ3v) is 4.92. The summed E-state index contributed by atoms with van der Waals surface area (Å²) in [6, 6.07) is 13.8. The molecule has 0 radical (unpaired) electrons. The van der Waals surface area contributed by atoms with Gasteiger partial charge in [-0.15, -0.1) is 0 Å². The summed E-state index contributed by atoms with van der Waals surface area (Å²) in [5.41, 5.74) is 1.56. The van der Waals surface area contributed by atoms with Crippen LogP contribution in [-0.2, 0) is 21.2 Å². The highest BCUT2D eigenvalue weighted by Crippen LogP contribution is 2.29. The largest absolute Gasteiger partial charge is 0.481 e. The number of nitrogens with zero attached hydrogens (tertiary/aromatic N) is 1. The Hall–Kier alpha value is -2.34. The molecule has 6 heteroatoms. The van der Waals surface area contributed by atoms with E-state index in [1.165, 1.54) is 12.1 Å². The van der Waals surface area contributed by atoms with Gasteiger partial charge in [-0.2, -0.15) is 0 Å². The summed E-state index contributed by atoms with van der Waals surface area (Å²) in [6.45, 7) is 2.10. The van der Waals surface area contributed by atoms with Crippen LogP contribution in [0.2, 0.25) is 0 Å². The van der Waals surface area contributed by atoms with Gasteiger partial charge in [-0.3, -0.25) is 4.79 Å². The molecule has 2 aromatic rings. The Morgan fingerprint density at radius 1 is 1.09 bits per heavy atom. The lowest BCUT2D eigenvalue weighted by Crippen LogP contribution is -2.38. The van der Waals surface area contributed by atoms with Crippen molar-refractivity contribution in [2.24, 2.45) is 0 Å². The van der Waals surface area contributed by atoms with Gasteiger partial charge in [0.15, 0.2) is 15.9 Å². The van der Waals surface area contributed by atoms with Crippen LogP contribution in [0.3, 0.4) is 0 Å². The molecule has 1 unspecified atom stereocenters. The quantitative estimate of drug-likeness (QED) is 0.848. The first-order valence-corrected chi connectivity index (χ1v) is 9.11. The minimum Gasteiger partial charge on any atom is -0.481 e. The number of anilines is 1. The second-order valence-corrected chi connectivity index (χ2v) is 7.57. The average Bonchev–Trinajstić information content (AvgIpc) is 2.64. The van der Waals surface area contributed by atoms with Crippen molar-refractivity contribution in [3.8, 4) is 5.75 Å². The van der Waals surface area contributed by atoms with E-state index in [1.54, 1.807) is 24.0 Å². The van der Waals surface area contributed by atoms with Gasteiger partial charge < -0.3 is 9.64 Å². The predicted molar refractivity (Wildman–Crippen MR) is 87.3 cm³/mol. The monoisotopic (exact) mass is 331 g/mol. The lowest BCUT2D eigenvalue weighted by molar-refractivity contribution is -0.124. The minimum absolute atomic E-state index is 0.159. The van der Waals surface area contributed by atoms with Gasteiger partial charge in [0.25, 0.3) is 5.91 Å². The third kappa shape index (κ3) is 3.07. The summed E-state index contributed by atoms with van der Waals surface area (Å²) in [4.78, 5) is 14.4. The number of hydrogen-bond donors (Lipinski definition) is 0.